The number of aromatic nitrogens is 3. The van der Waals surface area contributed by atoms with Crippen LogP contribution in [0.15, 0.2) is 59.5 Å². The predicted octanol–water partition coefficient (Wildman–Crippen LogP) is 5.06. The number of aryl methyl sites for hydroxylation is 1. The second-order valence-corrected chi connectivity index (χ2v) is 6.99. The van der Waals surface area contributed by atoms with E-state index < -0.39 is 0 Å². The number of imidazole rings is 1. The first-order valence-electron chi connectivity index (χ1n) is 8.12. The van der Waals surface area contributed by atoms with Crippen LogP contribution in [0.2, 0.25) is 10.0 Å². The highest BCUT2D eigenvalue weighted by Crippen LogP contribution is 2.31. The molecular formula is C20H15Cl2N3O. The lowest BCUT2D eigenvalue weighted by atomic mass is 10.1. The molecule has 0 aliphatic rings. The Morgan fingerprint density at radius 2 is 1.88 bits per heavy atom. The number of aromatic amines is 1. The zero-order valence-corrected chi connectivity index (χ0v) is 15.5. The Balaban J connectivity index is 1.98. The van der Waals surface area contributed by atoms with Crippen LogP contribution in [0.5, 0.6) is 0 Å². The molecule has 0 bridgehead atoms. The minimum absolute atomic E-state index is 0.189. The summed E-state index contributed by atoms with van der Waals surface area (Å²) in [6.45, 7) is 2.62. The molecule has 0 radical (unpaired) electrons. The maximum absolute atomic E-state index is 12.3. The minimum atomic E-state index is -0.189. The average Bonchev–Trinajstić information content (AvgIpc) is 2.93. The summed E-state index contributed by atoms with van der Waals surface area (Å²) in [5.41, 5.74) is 4.13. The topological polar surface area (TPSA) is 50.7 Å². The number of benzene rings is 2. The van der Waals surface area contributed by atoms with Gasteiger partial charge in [0.1, 0.15) is 5.82 Å². The Morgan fingerprint density at radius 1 is 1.08 bits per heavy atom. The molecule has 4 aromatic rings. The lowest BCUT2D eigenvalue weighted by Crippen LogP contribution is -2.11. The van der Waals surface area contributed by atoms with Crippen molar-refractivity contribution in [3.8, 4) is 11.4 Å². The highest BCUT2D eigenvalue weighted by Gasteiger charge is 2.17. The van der Waals surface area contributed by atoms with Gasteiger partial charge in [0.25, 0.3) is 5.56 Å². The van der Waals surface area contributed by atoms with E-state index in [-0.39, 0.29) is 5.56 Å². The van der Waals surface area contributed by atoms with E-state index in [9.17, 15) is 4.79 Å². The van der Waals surface area contributed by atoms with Crippen molar-refractivity contribution in [2.45, 2.75) is 13.5 Å². The van der Waals surface area contributed by atoms with E-state index in [4.69, 9.17) is 23.2 Å². The number of halogens is 2. The average molecular weight is 384 g/mol. The largest absolute Gasteiger partial charge is 0.328 e. The molecule has 1 N–H and O–H groups in total. The molecule has 0 unspecified atom stereocenters. The van der Waals surface area contributed by atoms with Crippen molar-refractivity contribution < 1.29 is 0 Å². The summed E-state index contributed by atoms with van der Waals surface area (Å²) in [4.78, 5) is 19.7. The van der Waals surface area contributed by atoms with Crippen LogP contribution < -0.4 is 5.56 Å². The maximum atomic E-state index is 12.3. The van der Waals surface area contributed by atoms with Crippen molar-refractivity contribution in [1.82, 2.24) is 14.5 Å². The summed E-state index contributed by atoms with van der Waals surface area (Å²) < 4.78 is 2.00. The molecule has 2 aromatic carbocycles. The number of nitrogens with zero attached hydrogens (tertiary/aromatic N) is 2. The zero-order chi connectivity index (χ0) is 18.3. The highest BCUT2D eigenvalue weighted by molar-refractivity contribution is 6.42. The van der Waals surface area contributed by atoms with E-state index in [1.807, 2.05) is 10.6 Å². The molecule has 0 amide bonds. The quantitative estimate of drug-likeness (QED) is 0.537. The van der Waals surface area contributed by atoms with Gasteiger partial charge in [-0.25, -0.2) is 4.98 Å². The normalized spacial score (nSPS) is 11.2. The van der Waals surface area contributed by atoms with E-state index in [0.29, 0.717) is 33.5 Å². The Hall–Kier alpha value is -2.56. The van der Waals surface area contributed by atoms with E-state index in [1.54, 1.807) is 30.5 Å². The molecule has 0 aliphatic heterocycles. The van der Waals surface area contributed by atoms with Crippen LogP contribution in [0.25, 0.3) is 22.4 Å². The summed E-state index contributed by atoms with van der Waals surface area (Å²) in [5, 5.41) is 0.894. The number of fused-ring (bicyclic) bond motifs is 1. The molecule has 0 saturated heterocycles. The molecule has 26 heavy (non-hydrogen) atoms. The molecule has 130 valence electrons. The smallest absolute Gasteiger partial charge is 0.258 e. The predicted molar refractivity (Wildman–Crippen MR) is 106 cm³/mol. The van der Waals surface area contributed by atoms with Crippen molar-refractivity contribution in [2.75, 3.05) is 0 Å². The number of pyridine rings is 1. The third-order valence-corrected chi connectivity index (χ3v) is 4.99. The maximum Gasteiger partial charge on any atom is 0.258 e. The Kier molecular flexibility index (Phi) is 4.31. The molecule has 0 spiro atoms. The molecule has 0 fully saturated rings. The summed E-state index contributed by atoms with van der Waals surface area (Å²) in [5.74, 6) is 0.585. The summed E-state index contributed by atoms with van der Waals surface area (Å²) in [7, 11) is 0. The van der Waals surface area contributed by atoms with Gasteiger partial charge in [0.15, 0.2) is 0 Å². The zero-order valence-electron chi connectivity index (χ0n) is 14.0. The fourth-order valence-corrected chi connectivity index (χ4v) is 3.39. The first kappa shape index (κ1) is 16.9. The van der Waals surface area contributed by atoms with Gasteiger partial charge in [-0.15, -0.1) is 0 Å². The van der Waals surface area contributed by atoms with Crippen molar-refractivity contribution >= 4 is 34.2 Å². The van der Waals surface area contributed by atoms with Crippen molar-refractivity contribution in [2.24, 2.45) is 0 Å². The molecule has 4 rings (SSSR count). The number of rotatable bonds is 3. The van der Waals surface area contributed by atoms with E-state index >= 15 is 0 Å². The van der Waals surface area contributed by atoms with Crippen LogP contribution in [0.4, 0.5) is 0 Å². The van der Waals surface area contributed by atoms with Crippen LogP contribution in [-0.2, 0) is 6.54 Å². The van der Waals surface area contributed by atoms with Crippen LogP contribution in [0, 0.1) is 6.92 Å². The Morgan fingerprint density at radius 3 is 2.65 bits per heavy atom. The molecule has 2 heterocycles. The van der Waals surface area contributed by atoms with Crippen LogP contribution >= 0.6 is 23.2 Å². The Labute approximate surface area is 160 Å². The van der Waals surface area contributed by atoms with Gasteiger partial charge in [-0.1, -0.05) is 53.0 Å². The number of hydrogen-bond donors (Lipinski definition) is 1. The third-order valence-electron chi connectivity index (χ3n) is 4.27. The number of hydrogen-bond acceptors (Lipinski definition) is 2. The van der Waals surface area contributed by atoms with Gasteiger partial charge in [-0.2, -0.15) is 0 Å². The Bertz CT molecular complexity index is 1180. The van der Waals surface area contributed by atoms with Gasteiger partial charge in [-0.05, 0) is 36.8 Å². The first-order valence-corrected chi connectivity index (χ1v) is 8.87. The van der Waals surface area contributed by atoms with Crippen LogP contribution in [0.3, 0.4) is 0 Å². The fraction of sp³-hybridized carbons (Fsp3) is 0.100. The molecule has 2 aromatic heterocycles. The lowest BCUT2D eigenvalue weighted by Gasteiger charge is -2.10. The van der Waals surface area contributed by atoms with E-state index in [0.717, 1.165) is 11.1 Å². The number of H-pyrrole nitrogens is 1. The first-order chi connectivity index (χ1) is 12.5. The van der Waals surface area contributed by atoms with Gasteiger partial charge >= 0.3 is 0 Å². The van der Waals surface area contributed by atoms with Crippen LogP contribution in [-0.4, -0.2) is 14.5 Å². The third kappa shape index (κ3) is 3.02. The van der Waals surface area contributed by atoms with Crippen molar-refractivity contribution in [1.29, 1.82) is 0 Å². The van der Waals surface area contributed by atoms with Gasteiger partial charge in [-0.3, -0.25) is 4.79 Å². The van der Waals surface area contributed by atoms with Crippen molar-refractivity contribution in [3.63, 3.8) is 0 Å². The minimum Gasteiger partial charge on any atom is -0.328 e. The molecule has 0 aliphatic carbocycles. The molecule has 6 heteroatoms. The van der Waals surface area contributed by atoms with Gasteiger partial charge in [0.2, 0.25) is 0 Å². The van der Waals surface area contributed by atoms with Crippen LogP contribution in [0.1, 0.15) is 11.1 Å². The van der Waals surface area contributed by atoms with Gasteiger partial charge in [0.05, 0.1) is 26.6 Å². The van der Waals surface area contributed by atoms with Gasteiger partial charge < -0.3 is 9.55 Å². The SMILES string of the molecule is Cc1cccc(Cn2c(-c3ccc[nH]c3=O)nc3cc(Cl)c(Cl)cc32)c1. The lowest BCUT2D eigenvalue weighted by molar-refractivity contribution is 0.831. The van der Waals surface area contributed by atoms with Crippen molar-refractivity contribution in [3.05, 3.63) is 86.3 Å². The summed E-state index contributed by atoms with van der Waals surface area (Å²) in [6.07, 6.45) is 1.60. The molecular weight excluding hydrogens is 369 g/mol. The highest BCUT2D eigenvalue weighted by atomic mass is 35.5. The fourth-order valence-electron chi connectivity index (χ4n) is 3.08. The molecule has 0 saturated carbocycles. The second-order valence-electron chi connectivity index (χ2n) is 6.18. The molecule has 4 nitrogen and oxygen atoms in total. The number of nitrogens with one attached hydrogen (secondary N) is 1. The van der Waals surface area contributed by atoms with E-state index in [1.165, 1.54) is 5.56 Å². The second kappa shape index (κ2) is 6.63. The standard InChI is InChI=1S/C20H15Cl2N3O/c1-12-4-2-5-13(8-12)11-25-18-10-16(22)15(21)9-17(18)24-19(25)14-6-3-7-23-20(14)26/h2-10H,11H2,1H3,(H,23,26). The molecule has 0 atom stereocenters. The summed E-state index contributed by atoms with van der Waals surface area (Å²) >= 11 is 12.4. The monoisotopic (exact) mass is 383 g/mol. The van der Waals surface area contributed by atoms with E-state index in [2.05, 4.69) is 35.1 Å². The summed E-state index contributed by atoms with van der Waals surface area (Å²) in [6, 6.07) is 15.3. The van der Waals surface area contributed by atoms with Gasteiger partial charge in [0, 0.05) is 12.7 Å².